The number of hydrogen-bond acceptors (Lipinski definition) is 3. The molecule has 0 aliphatic carbocycles. The highest BCUT2D eigenvalue weighted by molar-refractivity contribution is 9.15. The highest BCUT2D eigenvalue weighted by Crippen LogP contribution is 2.31. The van der Waals surface area contributed by atoms with Crippen molar-refractivity contribution >= 4 is 26.4 Å². The Morgan fingerprint density at radius 1 is 1.20 bits per heavy atom. The summed E-state index contributed by atoms with van der Waals surface area (Å²) >= 11 is 3.62. The Balaban J connectivity index is 0.00000200. The summed E-state index contributed by atoms with van der Waals surface area (Å²) in [5.74, 6) is -0.899. The summed E-state index contributed by atoms with van der Waals surface area (Å²) in [6.07, 6.45) is 1.91. The minimum absolute atomic E-state index is 0. The lowest BCUT2D eigenvalue weighted by Crippen LogP contribution is -2.29. The van der Waals surface area contributed by atoms with Crippen molar-refractivity contribution in [1.29, 1.82) is 0 Å². The van der Waals surface area contributed by atoms with E-state index < -0.39 is 5.97 Å². The Bertz CT molecular complexity index is 486. The van der Waals surface area contributed by atoms with Crippen molar-refractivity contribution < 1.29 is 14.7 Å². The molecule has 0 spiro atoms. The van der Waals surface area contributed by atoms with Crippen LogP contribution < -0.4 is 0 Å². The van der Waals surface area contributed by atoms with Crippen molar-refractivity contribution in [2.24, 2.45) is 0 Å². The number of hydrogen-bond donors (Lipinski definition) is 1. The molecule has 0 bridgehead atoms. The summed E-state index contributed by atoms with van der Waals surface area (Å²) in [6, 6.07) is 6.93. The van der Waals surface area contributed by atoms with Crippen LogP contribution in [0.5, 0.6) is 0 Å². The Labute approximate surface area is 128 Å². The van der Waals surface area contributed by atoms with E-state index >= 15 is 0 Å². The predicted molar refractivity (Wildman–Crippen MR) is 83.8 cm³/mol. The fraction of sp³-hybridized carbons (Fsp3) is 0.400. The summed E-state index contributed by atoms with van der Waals surface area (Å²) < 4.78 is 1.07. The van der Waals surface area contributed by atoms with Gasteiger partial charge in [-0.3, -0.25) is 0 Å². The van der Waals surface area contributed by atoms with Gasteiger partial charge >= 0.3 is 5.97 Å². The number of aromatic carboxylic acids is 1. The van der Waals surface area contributed by atoms with Crippen LogP contribution in [0.15, 0.2) is 29.8 Å². The highest BCUT2D eigenvalue weighted by atomic mass is 79.9. The lowest BCUT2D eigenvalue weighted by molar-refractivity contribution is -0.135. The summed E-state index contributed by atoms with van der Waals surface area (Å²) in [7, 11) is 1.69. The van der Waals surface area contributed by atoms with Crippen LogP contribution in [0.4, 0.5) is 0 Å². The standard InChI is InChI=1S/C14H16BrNO3.CH4/c1-19-16-8-6-11(7-9-16)13(15)10-2-4-12(5-3-10)14(17)18;/h2-5H,6-9H2,1H3,(H,17,18);1H4. The van der Waals surface area contributed by atoms with E-state index in [1.54, 1.807) is 19.2 Å². The fourth-order valence-electron chi connectivity index (χ4n) is 2.12. The van der Waals surface area contributed by atoms with E-state index in [2.05, 4.69) is 15.9 Å². The van der Waals surface area contributed by atoms with Crippen molar-refractivity contribution in [1.82, 2.24) is 5.06 Å². The summed E-state index contributed by atoms with van der Waals surface area (Å²) in [5.41, 5.74) is 2.67. The molecule has 1 aliphatic heterocycles. The fourth-order valence-corrected chi connectivity index (χ4v) is 2.78. The number of nitrogens with zero attached hydrogens (tertiary/aromatic N) is 1. The Morgan fingerprint density at radius 2 is 1.70 bits per heavy atom. The number of hydroxylamine groups is 2. The molecule has 0 atom stereocenters. The lowest BCUT2D eigenvalue weighted by Gasteiger charge is -2.26. The SMILES string of the molecule is C.CON1CCC(=C(Br)c2ccc(C(=O)O)cc2)CC1. The van der Waals surface area contributed by atoms with E-state index in [4.69, 9.17) is 9.94 Å². The molecule has 0 aromatic heterocycles. The van der Waals surface area contributed by atoms with E-state index in [1.807, 2.05) is 17.2 Å². The average molecular weight is 342 g/mol. The number of benzene rings is 1. The maximum atomic E-state index is 10.8. The molecule has 4 nitrogen and oxygen atoms in total. The number of carbonyl (C=O) groups is 1. The maximum absolute atomic E-state index is 10.8. The van der Waals surface area contributed by atoms with Crippen LogP contribution in [0.1, 0.15) is 36.2 Å². The molecule has 0 amide bonds. The molecule has 1 saturated heterocycles. The van der Waals surface area contributed by atoms with Gasteiger partial charge in [0.1, 0.15) is 0 Å². The number of halogens is 1. The molecule has 2 rings (SSSR count). The topological polar surface area (TPSA) is 49.8 Å². The van der Waals surface area contributed by atoms with Gasteiger partial charge in [0.05, 0.1) is 12.7 Å². The van der Waals surface area contributed by atoms with E-state index in [1.165, 1.54) is 5.57 Å². The quantitative estimate of drug-likeness (QED) is 0.908. The summed E-state index contributed by atoms with van der Waals surface area (Å²) in [4.78, 5) is 16.0. The zero-order valence-electron chi connectivity index (χ0n) is 10.7. The second-order valence-electron chi connectivity index (χ2n) is 4.41. The number of piperidine rings is 1. The van der Waals surface area contributed by atoms with Gasteiger partial charge in [0, 0.05) is 17.6 Å². The van der Waals surface area contributed by atoms with Gasteiger partial charge in [-0.1, -0.05) is 41.1 Å². The normalized spacial score (nSPS) is 15.6. The van der Waals surface area contributed by atoms with Crippen molar-refractivity contribution in [3.63, 3.8) is 0 Å². The van der Waals surface area contributed by atoms with Crippen molar-refractivity contribution in [3.8, 4) is 0 Å². The zero-order valence-corrected chi connectivity index (χ0v) is 12.3. The van der Waals surface area contributed by atoms with Gasteiger partial charge in [-0.05, 0) is 30.5 Å². The van der Waals surface area contributed by atoms with E-state index in [-0.39, 0.29) is 7.43 Å². The number of carboxylic acid groups (broad SMARTS) is 1. The van der Waals surface area contributed by atoms with Crippen LogP contribution in [0.2, 0.25) is 0 Å². The third-order valence-electron chi connectivity index (χ3n) is 3.28. The number of carboxylic acids is 1. The molecule has 5 heteroatoms. The molecular weight excluding hydrogens is 322 g/mol. The minimum Gasteiger partial charge on any atom is -0.478 e. The maximum Gasteiger partial charge on any atom is 0.335 e. The van der Waals surface area contributed by atoms with Gasteiger partial charge in [-0.25, -0.2) is 4.79 Å². The van der Waals surface area contributed by atoms with Crippen LogP contribution in [0.3, 0.4) is 0 Å². The second kappa shape index (κ2) is 7.57. The van der Waals surface area contributed by atoms with Gasteiger partial charge in [0.2, 0.25) is 0 Å². The van der Waals surface area contributed by atoms with Crippen LogP contribution in [0.25, 0.3) is 4.48 Å². The first-order chi connectivity index (χ1) is 9.11. The van der Waals surface area contributed by atoms with Gasteiger partial charge in [-0.15, -0.1) is 0 Å². The van der Waals surface area contributed by atoms with Crippen molar-refractivity contribution in [3.05, 3.63) is 41.0 Å². The third-order valence-corrected chi connectivity index (χ3v) is 4.30. The van der Waals surface area contributed by atoms with Crippen molar-refractivity contribution in [2.45, 2.75) is 20.3 Å². The lowest BCUT2D eigenvalue weighted by atomic mass is 10.0. The molecular formula is C15H20BrNO3. The van der Waals surface area contributed by atoms with Crippen molar-refractivity contribution in [2.75, 3.05) is 20.2 Å². The van der Waals surface area contributed by atoms with Crippen LogP contribution >= 0.6 is 15.9 Å². The minimum atomic E-state index is -0.899. The predicted octanol–water partition coefficient (Wildman–Crippen LogP) is 3.78. The van der Waals surface area contributed by atoms with E-state index in [0.717, 1.165) is 36.0 Å². The number of rotatable bonds is 3. The Hall–Kier alpha value is -1.17. The summed E-state index contributed by atoms with van der Waals surface area (Å²) in [5, 5.41) is 10.8. The smallest absolute Gasteiger partial charge is 0.335 e. The molecule has 0 saturated carbocycles. The third kappa shape index (κ3) is 3.91. The molecule has 1 aliphatic rings. The average Bonchev–Trinajstić information content (AvgIpc) is 2.46. The molecule has 1 aromatic carbocycles. The molecule has 110 valence electrons. The Morgan fingerprint density at radius 3 is 2.15 bits per heavy atom. The first-order valence-electron chi connectivity index (χ1n) is 6.12. The monoisotopic (exact) mass is 341 g/mol. The van der Waals surface area contributed by atoms with Gasteiger partial charge in [-0.2, -0.15) is 5.06 Å². The Kier molecular flexibility index (Phi) is 6.39. The first kappa shape index (κ1) is 16.9. The molecule has 1 heterocycles. The van der Waals surface area contributed by atoms with Crippen LogP contribution in [0, 0.1) is 0 Å². The highest BCUT2D eigenvalue weighted by Gasteiger charge is 2.16. The second-order valence-corrected chi connectivity index (χ2v) is 5.20. The van der Waals surface area contributed by atoms with Gasteiger partial charge < -0.3 is 9.94 Å². The van der Waals surface area contributed by atoms with E-state index in [9.17, 15) is 4.79 Å². The summed E-state index contributed by atoms with van der Waals surface area (Å²) in [6.45, 7) is 1.77. The molecule has 0 unspecified atom stereocenters. The molecule has 20 heavy (non-hydrogen) atoms. The van der Waals surface area contributed by atoms with Crippen LogP contribution in [-0.4, -0.2) is 36.3 Å². The molecule has 1 fully saturated rings. The van der Waals surface area contributed by atoms with Gasteiger partial charge in [0.25, 0.3) is 0 Å². The van der Waals surface area contributed by atoms with E-state index in [0.29, 0.717) is 5.56 Å². The molecule has 1 aromatic rings. The van der Waals surface area contributed by atoms with Crippen LogP contribution in [-0.2, 0) is 4.84 Å². The largest absolute Gasteiger partial charge is 0.478 e. The van der Waals surface area contributed by atoms with Gasteiger partial charge in [0.15, 0.2) is 0 Å². The first-order valence-corrected chi connectivity index (χ1v) is 6.91. The molecule has 0 radical (unpaired) electrons. The molecule has 1 N–H and O–H groups in total. The zero-order chi connectivity index (χ0) is 13.8.